The van der Waals surface area contributed by atoms with Gasteiger partial charge < -0.3 is 10.8 Å². The summed E-state index contributed by atoms with van der Waals surface area (Å²) in [6, 6.07) is 0. The van der Waals surface area contributed by atoms with E-state index in [4.69, 9.17) is 5.73 Å². The second-order valence-electron chi connectivity index (χ2n) is 4.04. The third kappa shape index (κ3) is 3.12. The van der Waals surface area contributed by atoms with Gasteiger partial charge in [-0.25, -0.2) is 0 Å². The summed E-state index contributed by atoms with van der Waals surface area (Å²) < 4.78 is 0. The van der Waals surface area contributed by atoms with E-state index in [2.05, 4.69) is 6.08 Å². The molecule has 1 aliphatic rings. The molecule has 3 N–H and O–H groups in total. The lowest BCUT2D eigenvalue weighted by Crippen LogP contribution is -2.26. The van der Waals surface area contributed by atoms with Crippen molar-refractivity contribution in [2.24, 2.45) is 11.7 Å². The van der Waals surface area contributed by atoms with Crippen LogP contribution in [0, 0.1) is 5.92 Å². The molecular formula is C11H21NO. The highest BCUT2D eigenvalue weighted by molar-refractivity contribution is 5.10. The topological polar surface area (TPSA) is 46.2 Å². The summed E-state index contributed by atoms with van der Waals surface area (Å²) in [4.78, 5) is 0. The van der Waals surface area contributed by atoms with Crippen molar-refractivity contribution in [1.82, 2.24) is 0 Å². The lowest BCUT2D eigenvalue weighted by atomic mass is 9.94. The second-order valence-corrected chi connectivity index (χ2v) is 4.04. The first-order valence-electron chi connectivity index (χ1n) is 5.32. The maximum Gasteiger partial charge on any atom is 0.0787 e. The molecule has 0 fully saturated rings. The Morgan fingerprint density at radius 1 is 1.46 bits per heavy atom. The Morgan fingerprint density at radius 2 is 2.23 bits per heavy atom. The van der Waals surface area contributed by atoms with E-state index >= 15 is 0 Å². The highest BCUT2D eigenvalue weighted by atomic mass is 16.3. The van der Waals surface area contributed by atoms with Crippen LogP contribution in [0.4, 0.5) is 0 Å². The van der Waals surface area contributed by atoms with Gasteiger partial charge >= 0.3 is 0 Å². The highest BCUT2D eigenvalue weighted by Crippen LogP contribution is 2.23. The Bertz CT molecular complexity index is 177. The van der Waals surface area contributed by atoms with Crippen LogP contribution in [-0.2, 0) is 0 Å². The van der Waals surface area contributed by atoms with Crippen molar-refractivity contribution in [3.05, 3.63) is 11.6 Å². The lowest BCUT2D eigenvalue weighted by Gasteiger charge is -2.19. The van der Waals surface area contributed by atoms with Gasteiger partial charge in [0.1, 0.15) is 0 Å². The van der Waals surface area contributed by atoms with Gasteiger partial charge in [-0.2, -0.15) is 0 Å². The number of nitrogens with two attached hydrogens (primary N) is 1. The molecule has 0 aromatic carbocycles. The third-order valence-corrected chi connectivity index (χ3v) is 2.87. The number of aliphatic hydroxyl groups excluding tert-OH is 1. The van der Waals surface area contributed by atoms with Crippen molar-refractivity contribution in [2.45, 2.75) is 45.1 Å². The van der Waals surface area contributed by atoms with Crippen LogP contribution < -0.4 is 5.73 Å². The fourth-order valence-electron chi connectivity index (χ4n) is 1.80. The fourth-order valence-corrected chi connectivity index (χ4v) is 1.80. The second kappa shape index (κ2) is 5.40. The minimum Gasteiger partial charge on any atom is -0.388 e. The normalized spacial score (nSPS) is 23.2. The highest BCUT2D eigenvalue weighted by Gasteiger charge is 2.17. The van der Waals surface area contributed by atoms with Gasteiger partial charge in [0, 0.05) is 0 Å². The average Bonchev–Trinajstić information content (AvgIpc) is 2.43. The quantitative estimate of drug-likeness (QED) is 0.656. The molecule has 0 aromatic heterocycles. The van der Waals surface area contributed by atoms with E-state index < -0.39 is 0 Å². The Hall–Kier alpha value is -0.340. The van der Waals surface area contributed by atoms with Gasteiger partial charge in [0.25, 0.3) is 0 Å². The van der Waals surface area contributed by atoms with Crippen LogP contribution >= 0.6 is 0 Å². The minimum atomic E-state index is -0.303. The molecule has 0 aliphatic heterocycles. The predicted molar refractivity (Wildman–Crippen MR) is 55.4 cm³/mol. The summed E-state index contributed by atoms with van der Waals surface area (Å²) >= 11 is 0. The van der Waals surface area contributed by atoms with Crippen molar-refractivity contribution < 1.29 is 5.11 Å². The van der Waals surface area contributed by atoms with Crippen molar-refractivity contribution in [3.8, 4) is 0 Å². The van der Waals surface area contributed by atoms with Gasteiger partial charge in [-0.3, -0.25) is 0 Å². The molecule has 2 unspecified atom stereocenters. The molecule has 0 heterocycles. The van der Waals surface area contributed by atoms with Crippen molar-refractivity contribution in [1.29, 1.82) is 0 Å². The molecule has 76 valence electrons. The molecule has 2 nitrogen and oxygen atoms in total. The molecule has 0 spiro atoms. The van der Waals surface area contributed by atoms with E-state index in [-0.39, 0.29) is 12.0 Å². The summed E-state index contributed by atoms with van der Waals surface area (Å²) in [6.45, 7) is 2.58. The Labute approximate surface area is 80.8 Å². The predicted octanol–water partition coefficient (Wildman–Crippen LogP) is 1.83. The molecule has 0 radical (unpaired) electrons. The monoisotopic (exact) mass is 183 g/mol. The third-order valence-electron chi connectivity index (χ3n) is 2.87. The van der Waals surface area contributed by atoms with E-state index in [0.717, 1.165) is 12.8 Å². The number of allylic oxidation sites excluding steroid dienone is 1. The molecule has 2 atom stereocenters. The number of rotatable bonds is 3. The molecule has 1 rings (SSSR count). The molecule has 0 aromatic rings. The largest absolute Gasteiger partial charge is 0.388 e. The zero-order chi connectivity index (χ0) is 9.68. The van der Waals surface area contributed by atoms with Gasteiger partial charge in [0.05, 0.1) is 6.10 Å². The first-order valence-corrected chi connectivity index (χ1v) is 5.32. The van der Waals surface area contributed by atoms with Crippen molar-refractivity contribution in [2.75, 3.05) is 6.54 Å². The standard InChI is InChI=1S/C11H21NO/c1-9(8-12)11(13)10-6-4-2-3-5-7-10/h6,9,11,13H,2-5,7-8,12H2,1H3. The molecular weight excluding hydrogens is 162 g/mol. The van der Waals surface area contributed by atoms with Crippen LogP contribution in [0.25, 0.3) is 0 Å². The van der Waals surface area contributed by atoms with Crippen molar-refractivity contribution >= 4 is 0 Å². The molecule has 2 heteroatoms. The van der Waals surface area contributed by atoms with E-state index in [1.807, 2.05) is 6.92 Å². The average molecular weight is 183 g/mol. The number of hydrogen-bond acceptors (Lipinski definition) is 2. The van der Waals surface area contributed by atoms with E-state index in [1.54, 1.807) is 0 Å². The lowest BCUT2D eigenvalue weighted by molar-refractivity contribution is 0.150. The Balaban J connectivity index is 2.52. The SMILES string of the molecule is CC(CN)C(O)C1=CCCCCC1. The summed E-state index contributed by atoms with van der Waals surface area (Å²) in [5.74, 6) is 0.198. The van der Waals surface area contributed by atoms with Crippen LogP contribution in [0.3, 0.4) is 0 Å². The maximum absolute atomic E-state index is 9.92. The summed E-state index contributed by atoms with van der Waals surface area (Å²) in [5.41, 5.74) is 6.75. The maximum atomic E-state index is 9.92. The molecule has 13 heavy (non-hydrogen) atoms. The van der Waals surface area contributed by atoms with Crippen LogP contribution in [0.5, 0.6) is 0 Å². The first-order chi connectivity index (χ1) is 6.25. The van der Waals surface area contributed by atoms with Crippen LogP contribution in [-0.4, -0.2) is 17.8 Å². The number of aliphatic hydroxyl groups is 1. The van der Waals surface area contributed by atoms with Crippen molar-refractivity contribution in [3.63, 3.8) is 0 Å². The van der Waals surface area contributed by atoms with Crippen LogP contribution in [0.15, 0.2) is 11.6 Å². The zero-order valence-electron chi connectivity index (χ0n) is 8.50. The van der Waals surface area contributed by atoms with E-state index in [9.17, 15) is 5.11 Å². The van der Waals surface area contributed by atoms with E-state index in [0.29, 0.717) is 6.54 Å². The fraction of sp³-hybridized carbons (Fsp3) is 0.818. The van der Waals surface area contributed by atoms with Gasteiger partial charge in [0.15, 0.2) is 0 Å². The summed E-state index contributed by atoms with van der Waals surface area (Å²) in [7, 11) is 0. The first kappa shape index (κ1) is 10.7. The van der Waals surface area contributed by atoms with Gasteiger partial charge in [-0.05, 0) is 43.7 Å². The van der Waals surface area contributed by atoms with Crippen LogP contribution in [0.2, 0.25) is 0 Å². The molecule has 0 bridgehead atoms. The van der Waals surface area contributed by atoms with Gasteiger partial charge in [-0.1, -0.05) is 19.4 Å². The summed E-state index contributed by atoms with van der Waals surface area (Å²) in [5, 5.41) is 9.92. The smallest absolute Gasteiger partial charge is 0.0787 e. The number of hydrogen-bond donors (Lipinski definition) is 2. The minimum absolute atomic E-state index is 0.198. The Morgan fingerprint density at radius 3 is 2.92 bits per heavy atom. The Kier molecular flexibility index (Phi) is 4.46. The van der Waals surface area contributed by atoms with Gasteiger partial charge in [0.2, 0.25) is 0 Å². The molecule has 1 aliphatic carbocycles. The van der Waals surface area contributed by atoms with Gasteiger partial charge in [-0.15, -0.1) is 0 Å². The molecule has 0 saturated carbocycles. The van der Waals surface area contributed by atoms with E-state index in [1.165, 1.54) is 24.8 Å². The summed E-state index contributed by atoms with van der Waals surface area (Å²) in [6.07, 6.45) is 7.89. The zero-order valence-corrected chi connectivity index (χ0v) is 8.50. The molecule has 0 saturated heterocycles. The molecule has 0 amide bonds. The van der Waals surface area contributed by atoms with Crippen LogP contribution in [0.1, 0.15) is 39.0 Å².